The van der Waals surface area contributed by atoms with E-state index >= 15 is 0 Å². The molecule has 0 unspecified atom stereocenters. The molecule has 1 aliphatic heterocycles. The Balaban J connectivity index is 2.30. The maximum atomic E-state index is 5.08. The Morgan fingerprint density at radius 2 is 2.50 bits per heavy atom. The normalized spacial score (nSPS) is 16.0. The predicted molar refractivity (Wildman–Crippen MR) is 46.5 cm³/mol. The maximum Gasteiger partial charge on any atom is 0.102 e. The third-order valence-corrected chi connectivity index (χ3v) is 1.93. The molecule has 0 fully saturated rings. The lowest BCUT2D eigenvalue weighted by atomic mass is 10.3. The molecule has 1 rings (SSSR count). The van der Waals surface area contributed by atoms with Crippen molar-refractivity contribution in [2.75, 3.05) is 5.75 Å². The Morgan fingerprint density at radius 1 is 1.70 bits per heavy atom. The van der Waals surface area contributed by atoms with Gasteiger partial charge in [-0.2, -0.15) is 5.10 Å². The molecule has 0 atom stereocenters. The van der Waals surface area contributed by atoms with Crippen molar-refractivity contribution >= 4 is 22.5 Å². The Labute approximate surface area is 64.8 Å². The van der Waals surface area contributed by atoms with Crippen molar-refractivity contribution < 1.29 is 0 Å². The average Bonchev–Trinajstić information content (AvgIpc) is 2.31. The molecule has 1 aliphatic rings. The minimum absolute atomic E-state index is 0.696. The quantitative estimate of drug-likeness (QED) is 0.523. The van der Waals surface area contributed by atoms with Gasteiger partial charge in [0.2, 0.25) is 0 Å². The summed E-state index contributed by atoms with van der Waals surface area (Å²) in [6.45, 7) is 1.97. The first kappa shape index (κ1) is 7.36. The van der Waals surface area contributed by atoms with Crippen molar-refractivity contribution in [3.05, 3.63) is 0 Å². The molecule has 10 heavy (non-hydrogen) atoms. The van der Waals surface area contributed by atoms with Gasteiger partial charge in [0, 0.05) is 12.1 Å². The Kier molecular flexibility index (Phi) is 2.52. The highest BCUT2D eigenvalue weighted by molar-refractivity contribution is 8.14. The van der Waals surface area contributed by atoms with E-state index in [9.17, 15) is 0 Å². The standard InChI is InChI=1S/C7H8N2S/c1-3-4-10-7-5-6(2)8-9-7/h1H,4-5H2,2H3. The zero-order chi connectivity index (χ0) is 7.40. The van der Waals surface area contributed by atoms with Crippen LogP contribution in [0, 0.1) is 12.3 Å². The smallest absolute Gasteiger partial charge is 0.102 e. The lowest BCUT2D eigenvalue weighted by molar-refractivity contribution is 1.27. The topological polar surface area (TPSA) is 24.7 Å². The van der Waals surface area contributed by atoms with Crippen LogP contribution in [0.25, 0.3) is 0 Å². The second kappa shape index (κ2) is 3.43. The summed E-state index contributed by atoms with van der Waals surface area (Å²) < 4.78 is 0. The highest BCUT2D eigenvalue weighted by Crippen LogP contribution is 2.13. The molecule has 2 nitrogen and oxygen atoms in total. The van der Waals surface area contributed by atoms with Gasteiger partial charge in [-0.25, -0.2) is 0 Å². The van der Waals surface area contributed by atoms with Crippen molar-refractivity contribution in [1.82, 2.24) is 0 Å². The second-order valence-corrected chi connectivity index (χ2v) is 3.05. The first-order chi connectivity index (χ1) is 4.83. The zero-order valence-corrected chi connectivity index (χ0v) is 6.61. The third-order valence-electron chi connectivity index (χ3n) is 1.06. The number of hydrogen-bond donors (Lipinski definition) is 0. The molecule has 1 heterocycles. The maximum absolute atomic E-state index is 5.08. The van der Waals surface area contributed by atoms with Gasteiger partial charge in [0.1, 0.15) is 5.04 Å². The monoisotopic (exact) mass is 152 g/mol. The molecule has 0 aliphatic carbocycles. The second-order valence-electron chi connectivity index (χ2n) is 2.00. The summed E-state index contributed by atoms with van der Waals surface area (Å²) in [5.41, 5.74) is 1.07. The van der Waals surface area contributed by atoms with Gasteiger partial charge in [-0.3, -0.25) is 0 Å². The van der Waals surface area contributed by atoms with Crippen LogP contribution in [-0.4, -0.2) is 16.5 Å². The molecule has 0 aromatic rings. The van der Waals surface area contributed by atoms with Gasteiger partial charge in [-0.1, -0.05) is 17.7 Å². The SMILES string of the molecule is C#CCSC1=NN=C(C)C1. The summed E-state index contributed by atoms with van der Waals surface area (Å²) in [5.74, 6) is 3.24. The van der Waals surface area contributed by atoms with E-state index in [1.165, 1.54) is 0 Å². The molecule has 0 radical (unpaired) electrons. The van der Waals surface area contributed by atoms with Crippen LogP contribution >= 0.6 is 11.8 Å². The highest BCUT2D eigenvalue weighted by atomic mass is 32.2. The van der Waals surface area contributed by atoms with Crippen LogP contribution in [0.15, 0.2) is 10.2 Å². The fourth-order valence-corrected chi connectivity index (χ4v) is 1.30. The van der Waals surface area contributed by atoms with E-state index in [1.54, 1.807) is 11.8 Å². The first-order valence-electron chi connectivity index (χ1n) is 2.99. The summed E-state index contributed by atoms with van der Waals surface area (Å²) >= 11 is 1.59. The molecule has 0 spiro atoms. The fourth-order valence-electron chi connectivity index (χ4n) is 0.636. The highest BCUT2D eigenvalue weighted by Gasteiger charge is 2.07. The summed E-state index contributed by atoms with van der Waals surface area (Å²) in [4.78, 5) is 0. The molecule has 0 N–H and O–H groups in total. The van der Waals surface area contributed by atoms with Gasteiger partial charge in [0.25, 0.3) is 0 Å². The minimum atomic E-state index is 0.696. The van der Waals surface area contributed by atoms with E-state index < -0.39 is 0 Å². The lowest BCUT2D eigenvalue weighted by Crippen LogP contribution is -1.93. The van der Waals surface area contributed by atoms with Crippen LogP contribution in [0.1, 0.15) is 13.3 Å². The van der Waals surface area contributed by atoms with Gasteiger partial charge >= 0.3 is 0 Å². The number of rotatable bonds is 1. The van der Waals surface area contributed by atoms with Crippen LogP contribution in [0.3, 0.4) is 0 Å². The Hall–Kier alpha value is -0.750. The van der Waals surface area contributed by atoms with Gasteiger partial charge in [0.05, 0.1) is 5.75 Å². The van der Waals surface area contributed by atoms with Crippen molar-refractivity contribution in [2.45, 2.75) is 13.3 Å². The molecule has 0 saturated carbocycles. The van der Waals surface area contributed by atoms with Crippen molar-refractivity contribution in [3.63, 3.8) is 0 Å². The number of hydrogen-bond acceptors (Lipinski definition) is 3. The van der Waals surface area contributed by atoms with Gasteiger partial charge < -0.3 is 0 Å². The molecule has 0 aromatic heterocycles. The molecule has 52 valence electrons. The fraction of sp³-hybridized carbons (Fsp3) is 0.429. The molecule has 0 amide bonds. The predicted octanol–water partition coefficient (Wildman–Crippen LogP) is 1.53. The molecular formula is C7H8N2S. The van der Waals surface area contributed by atoms with Crippen LogP contribution in [-0.2, 0) is 0 Å². The average molecular weight is 152 g/mol. The molecule has 3 heteroatoms. The number of nitrogens with zero attached hydrogens (tertiary/aromatic N) is 2. The summed E-state index contributed by atoms with van der Waals surface area (Å²) in [6.07, 6.45) is 5.96. The van der Waals surface area contributed by atoms with Crippen molar-refractivity contribution in [1.29, 1.82) is 0 Å². The van der Waals surface area contributed by atoms with Gasteiger partial charge in [-0.15, -0.1) is 11.5 Å². The zero-order valence-electron chi connectivity index (χ0n) is 5.79. The first-order valence-corrected chi connectivity index (χ1v) is 3.97. The van der Waals surface area contributed by atoms with Crippen LogP contribution < -0.4 is 0 Å². The Bertz CT molecular complexity index is 222. The third kappa shape index (κ3) is 1.89. The van der Waals surface area contributed by atoms with E-state index in [1.807, 2.05) is 6.92 Å². The largest absolute Gasteiger partial charge is 0.159 e. The number of thioether (sulfide) groups is 1. The molecule has 0 bridgehead atoms. The number of terminal acetylenes is 1. The lowest BCUT2D eigenvalue weighted by Gasteiger charge is -1.91. The van der Waals surface area contributed by atoms with E-state index in [0.29, 0.717) is 5.75 Å². The van der Waals surface area contributed by atoms with Crippen molar-refractivity contribution in [3.8, 4) is 12.3 Å². The van der Waals surface area contributed by atoms with Crippen molar-refractivity contribution in [2.24, 2.45) is 10.2 Å². The van der Waals surface area contributed by atoms with Gasteiger partial charge in [-0.05, 0) is 6.92 Å². The summed E-state index contributed by atoms with van der Waals surface area (Å²) in [5, 5.41) is 8.85. The molecule has 0 saturated heterocycles. The van der Waals surface area contributed by atoms with E-state index in [0.717, 1.165) is 17.2 Å². The molecule has 0 aromatic carbocycles. The van der Waals surface area contributed by atoms with Crippen LogP contribution in [0.2, 0.25) is 0 Å². The van der Waals surface area contributed by atoms with E-state index in [4.69, 9.17) is 6.42 Å². The van der Waals surface area contributed by atoms with Crippen LogP contribution in [0.5, 0.6) is 0 Å². The molecular weight excluding hydrogens is 144 g/mol. The minimum Gasteiger partial charge on any atom is -0.159 e. The van der Waals surface area contributed by atoms with E-state index in [2.05, 4.69) is 16.1 Å². The summed E-state index contributed by atoms with van der Waals surface area (Å²) in [7, 11) is 0. The summed E-state index contributed by atoms with van der Waals surface area (Å²) in [6, 6.07) is 0. The van der Waals surface area contributed by atoms with Gasteiger partial charge in [0.15, 0.2) is 0 Å². The Morgan fingerprint density at radius 3 is 3.00 bits per heavy atom. The van der Waals surface area contributed by atoms with E-state index in [-0.39, 0.29) is 0 Å². The van der Waals surface area contributed by atoms with Crippen LogP contribution in [0.4, 0.5) is 0 Å².